The first-order valence-corrected chi connectivity index (χ1v) is 7.14. The number of rotatable bonds is 4. The molecule has 0 aliphatic heterocycles. The van der Waals surface area contributed by atoms with Gasteiger partial charge in [0.2, 0.25) is 0 Å². The van der Waals surface area contributed by atoms with Crippen molar-refractivity contribution >= 4 is 5.69 Å². The number of aromatic amines is 1. The van der Waals surface area contributed by atoms with Crippen molar-refractivity contribution in [2.45, 2.75) is 40.0 Å². The first kappa shape index (κ1) is 14.4. The van der Waals surface area contributed by atoms with E-state index in [1.54, 1.807) is 0 Å². The Morgan fingerprint density at radius 3 is 2.45 bits per heavy atom. The van der Waals surface area contributed by atoms with Gasteiger partial charge in [-0.3, -0.25) is 4.79 Å². The minimum atomic E-state index is -0.179. The second-order valence-electron chi connectivity index (χ2n) is 5.15. The largest absolute Gasteiger partial charge is 0.394 e. The maximum absolute atomic E-state index is 11.9. The molecule has 0 saturated heterocycles. The van der Waals surface area contributed by atoms with Crippen LogP contribution in [-0.2, 0) is 19.3 Å². The zero-order chi connectivity index (χ0) is 14.7. The molecule has 3 heteroatoms. The molecule has 0 fully saturated rings. The summed E-state index contributed by atoms with van der Waals surface area (Å²) in [6.45, 7) is 6.17. The molecule has 2 rings (SSSR count). The van der Waals surface area contributed by atoms with Crippen molar-refractivity contribution < 1.29 is 0 Å². The number of pyridine rings is 1. The highest BCUT2D eigenvalue weighted by molar-refractivity contribution is 5.52. The van der Waals surface area contributed by atoms with Gasteiger partial charge in [0, 0.05) is 12.1 Å². The third-order valence-corrected chi connectivity index (χ3v) is 3.82. The highest BCUT2D eigenvalue weighted by atomic mass is 16.1. The predicted molar refractivity (Wildman–Crippen MR) is 84.2 cm³/mol. The lowest BCUT2D eigenvalue weighted by Crippen LogP contribution is -2.19. The Morgan fingerprint density at radius 1 is 1.10 bits per heavy atom. The topological polar surface area (TPSA) is 58.9 Å². The minimum absolute atomic E-state index is 0.179. The van der Waals surface area contributed by atoms with Gasteiger partial charge in [-0.1, -0.05) is 38.1 Å². The molecule has 3 nitrogen and oxygen atoms in total. The Hall–Kier alpha value is -2.03. The molecular weight excluding hydrogens is 248 g/mol. The van der Waals surface area contributed by atoms with Crippen molar-refractivity contribution in [2.75, 3.05) is 5.73 Å². The molecule has 0 radical (unpaired) electrons. The van der Waals surface area contributed by atoms with Gasteiger partial charge < -0.3 is 10.7 Å². The van der Waals surface area contributed by atoms with Gasteiger partial charge in [0.25, 0.3) is 5.56 Å². The van der Waals surface area contributed by atoms with E-state index in [1.165, 1.54) is 11.1 Å². The fourth-order valence-electron chi connectivity index (χ4n) is 2.68. The lowest BCUT2D eigenvalue weighted by molar-refractivity contribution is 0.978. The summed E-state index contributed by atoms with van der Waals surface area (Å²) in [5.41, 5.74) is 11.7. The van der Waals surface area contributed by atoms with Crippen LogP contribution in [0.2, 0.25) is 0 Å². The molecule has 0 atom stereocenters. The van der Waals surface area contributed by atoms with Gasteiger partial charge in [0.05, 0.1) is 0 Å². The van der Waals surface area contributed by atoms with Crippen LogP contribution in [0, 0.1) is 6.92 Å². The van der Waals surface area contributed by atoms with Gasteiger partial charge in [0.15, 0.2) is 0 Å². The van der Waals surface area contributed by atoms with Crippen molar-refractivity contribution in [3.8, 4) is 0 Å². The van der Waals surface area contributed by atoms with Gasteiger partial charge in [-0.25, -0.2) is 0 Å². The van der Waals surface area contributed by atoms with Gasteiger partial charge in [0.1, 0.15) is 5.69 Å². The first-order chi connectivity index (χ1) is 9.56. The van der Waals surface area contributed by atoms with Crippen LogP contribution >= 0.6 is 0 Å². The Morgan fingerprint density at radius 2 is 1.80 bits per heavy atom. The number of anilines is 1. The summed E-state index contributed by atoms with van der Waals surface area (Å²) in [6, 6.07) is 8.47. The summed E-state index contributed by atoms with van der Waals surface area (Å²) >= 11 is 0. The smallest absolute Gasteiger partial charge is 0.271 e. The summed E-state index contributed by atoms with van der Waals surface area (Å²) in [7, 11) is 0. The maximum Gasteiger partial charge on any atom is 0.271 e. The van der Waals surface area contributed by atoms with E-state index in [4.69, 9.17) is 5.73 Å². The molecule has 0 spiro atoms. The van der Waals surface area contributed by atoms with E-state index >= 15 is 0 Å². The number of aryl methyl sites for hydroxylation is 2. The maximum atomic E-state index is 11.9. The normalized spacial score (nSPS) is 10.8. The average Bonchev–Trinajstić information content (AvgIpc) is 2.45. The Balaban J connectivity index is 2.49. The predicted octanol–water partition coefficient (Wildman–Crippen LogP) is 2.98. The third-order valence-electron chi connectivity index (χ3n) is 3.82. The highest BCUT2D eigenvalue weighted by Crippen LogP contribution is 2.21. The summed E-state index contributed by atoms with van der Waals surface area (Å²) in [6.07, 6.45) is 2.60. The van der Waals surface area contributed by atoms with Crippen molar-refractivity contribution in [1.29, 1.82) is 0 Å². The van der Waals surface area contributed by atoms with Crippen LogP contribution < -0.4 is 11.3 Å². The lowest BCUT2D eigenvalue weighted by Gasteiger charge is -2.14. The molecule has 1 aromatic carbocycles. The van der Waals surface area contributed by atoms with E-state index in [2.05, 4.69) is 43.1 Å². The third kappa shape index (κ3) is 2.77. The quantitative estimate of drug-likeness (QED) is 0.897. The summed E-state index contributed by atoms with van der Waals surface area (Å²) in [5, 5.41) is 0. The Labute approximate surface area is 119 Å². The summed E-state index contributed by atoms with van der Waals surface area (Å²) in [5.74, 6) is 0. The molecule has 0 aliphatic carbocycles. The fourth-order valence-corrected chi connectivity index (χ4v) is 2.68. The number of benzene rings is 1. The van der Waals surface area contributed by atoms with Crippen LogP contribution in [0.3, 0.4) is 0 Å². The number of nitrogen functional groups attached to an aromatic ring is 1. The number of aromatic nitrogens is 1. The second-order valence-corrected chi connectivity index (χ2v) is 5.15. The zero-order valence-electron chi connectivity index (χ0n) is 12.4. The SMILES string of the molecule is CCc1cccc(Cc2c(CC)c(C)[nH]c(=O)c2N)c1. The first-order valence-electron chi connectivity index (χ1n) is 7.14. The van der Waals surface area contributed by atoms with Crippen LogP contribution in [0.15, 0.2) is 29.1 Å². The lowest BCUT2D eigenvalue weighted by atomic mass is 9.95. The molecule has 106 valence electrons. The fraction of sp³-hybridized carbons (Fsp3) is 0.353. The highest BCUT2D eigenvalue weighted by Gasteiger charge is 2.12. The number of hydrogen-bond donors (Lipinski definition) is 2. The van der Waals surface area contributed by atoms with Crippen LogP contribution in [0.4, 0.5) is 5.69 Å². The molecule has 3 N–H and O–H groups in total. The van der Waals surface area contributed by atoms with E-state index < -0.39 is 0 Å². The summed E-state index contributed by atoms with van der Waals surface area (Å²) in [4.78, 5) is 14.7. The monoisotopic (exact) mass is 270 g/mol. The van der Waals surface area contributed by atoms with Gasteiger partial charge in [-0.05, 0) is 42.0 Å². The van der Waals surface area contributed by atoms with Crippen LogP contribution in [0.25, 0.3) is 0 Å². The molecule has 0 aliphatic rings. The Bertz CT molecular complexity index is 671. The second kappa shape index (κ2) is 5.95. The number of H-pyrrole nitrogens is 1. The van der Waals surface area contributed by atoms with E-state index in [1.807, 2.05) is 6.92 Å². The van der Waals surface area contributed by atoms with Crippen LogP contribution in [-0.4, -0.2) is 4.98 Å². The standard InChI is InChI=1S/C17H22N2O/c1-4-12-7-6-8-13(9-12)10-15-14(5-2)11(3)19-17(20)16(15)18/h6-9H,4-5,10,18H2,1-3H3,(H,19,20). The van der Waals surface area contributed by atoms with E-state index in [-0.39, 0.29) is 5.56 Å². The van der Waals surface area contributed by atoms with Crippen molar-refractivity contribution in [3.63, 3.8) is 0 Å². The van der Waals surface area contributed by atoms with Gasteiger partial charge in [-0.2, -0.15) is 0 Å². The Kier molecular flexibility index (Phi) is 4.28. The molecular formula is C17H22N2O. The minimum Gasteiger partial charge on any atom is -0.394 e. The number of nitrogens with one attached hydrogen (secondary N) is 1. The molecule has 1 heterocycles. The van der Waals surface area contributed by atoms with Crippen LogP contribution in [0.5, 0.6) is 0 Å². The van der Waals surface area contributed by atoms with Gasteiger partial charge >= 0.3 is 0 Å². The van der Waals surface area contributed by atoms with E-state index in [0.717, 1.165) is 29.7 Å². The molecule has 0 bridgehead atoms. The van der Waals surface area contributed by atoms with Crippen LogP contribution in [0.1, 0.15) is 41.8 Å². The molecule has 20 heavy (non-hydrogen) atoms. The molecule has 0 amide bonds. The van der Waals surface area contributed by atoms with Crippen molar-refractivity contribution in [2.24, 2.45) is 0 Å². The van der Waals surface area contributed by atoms with Crippen molar-refractivity contribution in [3.05, 3.63) is 62.6 Å². The van der Waals surface area contributed by atoms with Gasteiger partial charge in [-0.15, -0.1) is 0 Å². The number of hydrogen-bond acceptors (Lipinski definition) is 2. The zero-order valence-corrected chi connectivity index (χ0v) is 12.4. The number of nitrogens with two attached hydrogens (primary N) is 1. The average molecular weight is 270 g/mol. The molecule has 1 aromatic heterocycles. The van der Waals surface area contributed by atoms with Crippen molar-refractivity contribution in [1.82, 2.24) is 4.98 Å². The van der Waals surface area contributed by atoms with E-state index in [9.17, 15) is 4.79 Å². The summed E-state index contributed by atoms with van der Waals surface area (Å²) < 4.78 is 0. The molecule has 2 aromatic rings. The molecule has 0 unspecified atom stereocenters. The van der Waals surface area contributed by atoms with E-state index in [0.29, 0.717) is 12.1 Å². The molecule has 0 saturated carbocycles.